The highest BCUT2D eigenvalue weighted by Gasteiger charge is 2.40. The van der Waals surface area contributed by atoms with Crippen LogP contribution in [0, 0.1) is 23.2 Å². The third kappa shape index (κ3) is 2.13. The Balaban J connectivity index is 2.01. The first kappa shape index (κ1) is 10.5. The minimum atomic E-state index is 0.600. The number of rotatable bonds is 2. The molecule has 0 aromatic rings. The van der Waals surface area contributed by atoms with Gasteiger partial charge in [0.05, 0.1) is 0 Å². The van der Waals surface area contributed by atoms with Crippen LogP contribution in [-0.4, -0.2) is 13.6 Å². The summed E-state index contributed by atoms with van der Waals surface area (Å²) in [6.45, 7) is 6.15. The molecular formula is C13H25N. The van der Waals surface area contributed by atoms with Gasteiger partial charge in [-0.15, -0.1) is 0 Å². The van der Waals surface area contributed by atoms with E-state index in [1.807, 2.05) is 0 Å². The van der Waals surface area contributed by atoms with Crippen molar-refractivity contribution in [2.75, 3.05) is 13.6 Å². The number of nitrogens with one attached hydrogen (secondary N) is 1. The van der Waals surface area contributed by atoms with E-state index in [4.69, 9.17) is 0 Å². The van der Waals surface area contributed by atoms with E-state index in [1.54, 1.807) is 0 Å². The van der Waals surface area contributed by atoms with Crippen molar-refractivity contribution in [3.63, 3.8) is 0 Å². The lowest BCUT2D eigenvalue weighted by molar-refractivity contribution is 0.0477. The first-order chi connectivity index (χ1) is 6.61. The lowest BCUT2D eigenvalue weighted by Gasteiger charge is -2.47. The summed E-state index contributed by atoms with van der Waals surface area (Å²) in [6.07, 6.45) is 7.46. The van der Waals surface area contributed by atoms with Gasteiger partial charge in [0.15, 0.2) is 0 Å². The topological polar surface area (TPSA) is 12.0 Å². The standard InChI is InChI=1S/C13H25N/c1-10-4-11-6-12(5-10)8-13(2,7-11)9-14-3/h10-12,14H,4-9H2,1-3H3. The van der Waals surface area contributed by atoms with Crippen molar-refractivity contribution >= 4 is 0 Å². The molecule has 0 radical (unpaired) electrons. The van der Waals surface area contributed by atoms with E-state index in [2.05, 4.69) is 26.2 Å². The number of hydrogen-bond donors (Lipinski definition) is 1. The SMILES string of the molecule is CNCC1(C)CC2CC(C)CC(C2)C1. The Kier molecular flexibility index (Phi) is 2.88. The Hall–Kier alpha value is -0.0400. The normalized spacial score (nSPS) is 47.8. The molecule has 1 N–H and O–H groups in total. The first-order valence-electron chi connectivity index (χ1n) is 6.26. The highest BCUT2D eigenvalue weighted by molar-refractivity contribution is 4.92. The van der Waals surface area contributed by atoms with Crippen molar-refractivity contribution < 1.29 is 0 Å². The zero-order chi connectivity index (χ0) is 10.2. The second kappa shape index (κ2) is 3.84. The molecule has 0 saturated heterocycles. The van der Waals surface area contributed by atoms with Gasteiger partial charge in [-0.2, -0.15) is 0 Å². The molecule has 2 unspecified atom stereocenters. The molecule has 0 spiro atoms. The fourth-order valence-electron chi connectivity index (χ4n) is 4.28. The van der Waals surface area contributed by atoms with Gasteiger partial charge in [-0.1, -0.05) is 13.8 Å². The van der Waals surface area contributed by atoms with Crippen molar-refractivity contribution in [2.45, 2.75) is 46.0 Å². The van der Waals surface area contributed by atoms with Gasteiger partial charge in [0.1, 0.15) is 0 Å². The molecule has 2 saturated carbocycles. The largest absolute Gasteiger partial charge is 0.319 e. The van der Waals surface area contributed by atoms with Gasteiger partial charge in [0.2, 0.25) is 0 Å². The lowest BCUT2D eigenvalue weighted by atomic mass is 9.59. The Bertz CT molecular complexity index is 181. The quantitative estimate of drug-likeness (QED) is 0.714. The highest BCUT2D eigenvalue weighted by atomic mass is 14.8. The summed E-state index contributed by atoms with van der Waals surface area (Å²) in [5, 5.41) is 3.38. The van der Waals surface area contributed by atoms with Gasteiger partial charge in [0.25, 0.3) is 0 Å². The fourth-order valence-corrected chi connectivity index (χ4v) is 4.28. The average Bonchev–Trinajstić information content (AvgIpc) is 1.99. The monoisotopic (exact) mass is 195 g/mol. The average molecular weight is 195 g/mol. The molecule has 82 valence electrons. The summed E-state index contributed by atoms with van der Waals surface area (Å²) in [6, 6.07) is 0. The van der Waals surface area contributed by atoms with Gasteiger partial charge in [-0.3, -0.25) is 0 Å². The molecule has 0 amide bonds. The molecular weight excluding hydrogens is 170 g/mol. The molecule has 1 nitrogen and oxygen atoms in total. The van der Waals surface area contributed by atoms with E-state index in [0.29, 0.717) is 5.41 Å². The lowest BCUT2D eigenvalue weighted by Crippen LogP contribution is -2.41. The van der Waals surface area contributed by atoms with E-state index in [0.717, 1.165) is 17.8 Å². The van der Waals surface area contributed by atoms with Crippen LogP contribution in [0.3, 0.4) is 0 Å². The zero-order valence-corrected chi connectivity index (χ0v) is 9.97. The van der Waals surface area contributed by atoms with Crippen LogP contribution in [0.4, 0.5) is 0 Å². The first-order valence-corrected chi connectivity index (χ1v) is 6.26. The fraction of sp³-hybridized carbons (Fsp3) is 1.00. The third-order valence-corrected chi connectivity index (χ3v) is 4.30. The van der Waals surface area contributed by atoms with Crippen LogP contribution in [-0.2, 0) is 0 Å². The van der Waals surface area contributed by atoms with E-state index in [1.165, 1.54) is 38.6 Å². The molecule has 2 aliphatic rings. The molecule has 0 aromatic carbocycles. The molecule has 2 fully saturated rings. The summed E-state index contributed by atoms with van der Waals surface area (Å²) in [7, 11) is 2.10. The molecule has 2 bridgehead atoms. The van der Waals surface area contributed by atoms with Crippen molar-refractivity contribution in [3.05, 3.63) is 0 Å². The second-order valence-electron chi connectivity index (χ2n) is 6.29. The summed E-state index contributed by atoms with van der Waals surface area (Å²) in [5.74, 6) is 3.07. The van der Waals surface area contributed by atoms with Crippen molar-refractivity contribution in [1.82, 2.24) is 5.32 Å². The van der Waals surface area contributed by atoms with Crippen LogP contribution in [0.1, 0.15) is 46.0 Å². The van der Waals surface area contributed by atoms with E-state index >= 15 is 0 Å². The van der Waals surface area contributed by atoms with Crippen LogP contribution < -0.4 is 5.32 Å². The Morgan fingerprint density at radius 2 is 1.71 bits per heavy atom. The number of fused-ring (bicyclic) bond motifs is 2. The summed E-state index contributed by atoms with van der Waals surface area (Å²) >= 11 is 0. The predicted octanol–water partition coefficient (Wildman–Crippen LogP) is 3.06. The minimum Gasteiger partial charge on any atom is -0.319 e. The molecule has 2 rings (SSSR count). The summed E-state index contributed by atoms with van der Waals surface area (Å²) in [4.78, 5) is 0. The maximum atomic E-state index is 3.38. The van der Waals surface area contributed by atoms with Crippen molar-refractivity contribution in [1.29, 1.82) is 0 Å². The Labute approximate surface area is 88.7 Å². The van der Waals surface area contributed by atoms with Gasteiger partial charge in [0, 0.05) is 6.54 Å². The molecule has 0 aliphatic heterocycles. The Morgan fingerprint density at radius 1 is 1.14 bits per heavy atom. The van der Waals surface area contributed by atoms with Crippen molar-refractivity contribution in [3.8, 4) is 0 Å². The highest BCUT2D eigenvalue weighted by Crippen LogP contribution is 2.49. The molecule has 1 heteroatoms. The molecule has 14 heavy (non-hydrogen) atoms. The van der Waals surface area contributed by atoms with E-state index in [-0.39, 0.29) is 0 Å². The second-order valence-corrected chi connectivity index (χ2v) is 6.29. The van der Waals surface area contributed by atoms with E-state index in [9.17, 15) is 0 Å². The van der Waals surface area contributed by atoms with Gasteiger partial charge < -0.3 is 5.32 Å². The summed E-state index contributed by atoms with van der Waals surface area (Å²) < 4.78 is 0. The van der Waals surface area contributed by atoms with Crippen LogP contribution >= 0.6 is 0 Å². The van der Waals surface area contributed by atoms with Crippen LogP contribution in [0.15, 0.2) is 0 Å². The number of hydrogen-bond acceptors (Lipinski definition) is 1. The van der Waals surface area contributed by atoms with Crippen molar-refractivity contribution in [2.24, 2.45) is 23.2 Å². The van der Waals surface area contributed by atoms with Crippen LogP contribution in [0.5, 0.6) is 0 Å². The predicted molar refractivity (Wildman–Crippen MR) is 61.3 cm³/mol. The molecule has 2 atom stereocenters. The third-order valence-electron chi connectivity index (χ3n) is 4.30. The van der Waals surface area contributed by atoms with Crippen LogP contribution in [0.25, 0.3) is 0 Å². The van der Waals surface area contributed by atoms with Gasteiger partial charge in [-0.25, -0.2) is 0 Å². The van der Waals surface area contributed by atoms with Gasteiger partial charge >= 0.3 is 0 Å². The molecule has 0 aromatic heterocycles. The van der Waals surface area contributed by atoms with Gasteiger partial charge in [-0.05, 0) is 62.3 Å². The Morgan fingerprint density at radius 3 is 2.21 bits per heavy atom. The maximum Gasteiger partial charge on any atom is 0.000236 e. The molecule has 2 aliphatic carbocycles. The zero-order valence-electron chi connectivity index (χ0n) is 9.97. The summed E-state index contributed by atoms with van der Waals surface area (Å²) in [5.41, 5.74) is 0.600. The minimum absolute atomic E-state index is 0.600. The smallest absolute Gasteiger partial charge is 0.000236 e. The maximum absolute atomic E-state index is 3.38. The van der Waals surface area contributed by atoms with E-state index < -0.39 is 0 Å². The molecule has 0 heterocycles. The van der Waals surface area contributed by atoms with Crippen LogP contribution in [0.2, 0.25) is 0 Å².